The highest BCUT2D eigenvalue weighted by atomic mass is 16.6. The molecule has 26 heavy (non-hydrogen) atoms. The molecule has 0 aliphatic carbocycles. The molecule has 0 spiro atoms. The van der Waals surface area contributed by atoms with Gasteiger partial charge in [-0.3, -0.25) is 14.4 Å². The largest absolute Gasteiger partial charge is 0.469 e. The molecule has 1 rings (SSSR count). The summed E-state index contributed by atoms with van der Waals surface area (Å²) < 4.78 is 10.1. The first-order chi connectivity index (χ1) is 12.2. The second kappa shape index (κ2) is 10.1. The van der Waals surface area contributed by atoms with Crippen LogP contribution in [-0.4, -0.2) is 43.5 Å². The quantitative estimate of drug-likeness (QED) is 0.678. The Morgan fingerprint density at radius 3 is 2.19 bits per heavy atom. The minimum absolute atomic E-state index is 0.00410. The van der Waals surface area contributed by atoms with E-state index in [1.165, 1.54) is 7.11 Å². The number of nitrogens with one attached hydrogen (secondary N) is 1. The maximum atomic E-state index is 12.6. The van der Waals surface area contributed by atoms with E-state index in [0.29, 0.717) is 6.42 Å². The molecule has 0 fully saturated rings. The van der Waals surface area contributed by atoms with Gasteiger partial charge in [0.05, 0.1) is 25.5 Å². The van der Waals surface area contributed by atoms with Gasteiger partial charge in [0.15, 0.2) is 5.78 Å². The van der Waals surface area contributed by atoms with Gasteiger partial charge in [-0.1, -0.05) is 30.3 Å². The number of likely N-dealkylation sites (N-methyl/N-ethyl adjacent to an activating group) is 1. The monoisotopic (exact) mass is 363 g/mol. The number of Topliss-reactive ketones (excluding diaryl/α,β-unsaturated/α-hetero) is 1. The molecule has 0 saturated heterocycles. The number of rotatable bonds is 9. The van der Waals surface area contributed by atoms with Crippen molar-refractivity contribution < 1.29 is 23.9 Å². The number of hydrogen-bond acceptors (Lipinski definition) is 6. The second-order valence-corrected chi connectivity index (χ2v) is 7.21. The number of carbonyl (C=O) groups excluding carboxylic acids is 3. The first-order valence-corrected chi connectivity index (χ1v) is 8.70. The van der Waals surface area contributed by atoms with Crippen LogP contribution in [0.4, 0.5) is 0 Å². The number of carbonyl (C=O) groups is 3. The van der Waals surface area contributed by atoms with Crippen LogP contribution >= 0.6 is 0 Å². The molecule has 6 heteroatoms. The van der Waals surface area contributed by atoms with Gasteiger partial charge >= 0.3 is 11.9 Å². The van der Waals surface area contributed by atoms with Crippen molar-refractivity contribution in [3.63, 3.8) is 0 Å². The highest BCUT2D eigenvalue weighted by Gasteiger charge is 2.29. The maximum absolute atomic E-state index is 12.6. The Morgan fingerprint density at radius 2 is 1.69 bits per heavy atom. The van der Waals surface area contributed by atoms with Crippen LogP contribution in [-0.2, 0) is 30.3 Å². The van der Waals surface area contributed by atoms with Gasteiger partial charge in [-0.05, 0) is 39.8 Å². The molecule has 0 unspecified atom stereocenters. The zero-order chi connectivity index (χ0) is 19.7. The summed E-state index contributed by atoms with van der Waals surface area (Å²) in [5, 5.41) is 2.84. The lowest BCUT2D eigenvalue weighted by atomic mass is 9.91. The SMILES string of the molecule is CN[C@@H](CC(=O)OC(C)(C)C)C(=O)C[C@@H](Cc1ccccc1)C(=O)OC. The molecule has 144 valence electrons. The summed E-state index contributed by atoms with van der Waals surface area (Å²) in [5.74, 6) is -1.70. The van der Waals surface area contributed by atoms with Crippen LogP contribution in [0.15, 0.2) is 30.3 Å². The predicted octanol–water partition coefficient (Wildman–Crippen LogP) is 2.30. The van der Waals surface area contributed by atoms with E-state index in [1.807, 2.05) is 30.3 Å². The number of hydrogen-bond donors (Lipinski definition) is 1. The Kier molecular flexibility index (Phi) is 8.45. The van der Waals surface area contributed by atoms with Crippen molar-refractivity contribution in [2.24, 2.45) is 5.92 Å². The minimum Gasteiger partial charge on any atom is -0.469 e. The van der Waals surface area contributed by atoms with Crippen molar-refractivity contribution in [3.8, 4) is 0 Å². The number of ketones is 1. The Hall–Kier alpha value is -2.21. The normalized spacial score (nSPS) is 13.6. The van der Waals surface area contributed by atoms with Crippen molar-refractivity contribution in [3.05, 3.63) is 35.9 Å². The van der Waals surface area contributed by atoms with E-state index >= 15 is 0 Å². The summed E-state index contributed by atoms with van der Waals surface area (Å²) in [6.07, 6.45) is 0.323. The van der Waals surface area contributed by atoms with Gasteiger partial charge in [0.25, 0.3) is 0 Å². The average Bonchev–Trinajstić information content (AvgIpc) is 2.57. The summed E-state index contributed by atoms with van der Waals surface area (Å²) in [7, 11) is 2.92. The fourth-order valence-electron chi connectivity index (χ4n) is 2.62. The van der Waals surface area contributed by atoms with Crippen molar-refractivity contribution in [1.82, 2.24) is 5.32 Å². The molecule has 0 heterocycles. The van der Waals surface area contributed by atoms with Crippen molar-refractivity contribution in [2.75, 3.05) is 14.2 Å². The van der Waals surface area contributed by atoms with Crippen LogP contribution in [0, 0.1) is 5.92 Å². The first-order valence-electron chi connectivity index (χ1n) is 8.70. The number of methoxy groups -OCH3 is 1. The van der Waals surface area contributed by atoms with E-state index in [9.17, 15) is 14.4 Å². The number of benzene rings is 1. The third-order valence-corrected chi connectivity index (χ3v) is 3.83. The smallest absolute Gasteiger partial charge is 0.309 e. The summed E-state index contributed by atoms with van der Waals surface area (Å²) >= 11 is 0. The molecule has 0 aliphatic rings. The van der Waals surface area contributed by atoms with E-state index in [-0.39, 0.29) is 18.6 Å². The molecule has 1 aromatic carbocycles. The van der Waals surface area contributed by atoms with Crippen molar-refractivity contribution >= 4 is 17.7 Å². The lowest BCUT2D eigenvalue weighted by molar-refractivity contribution is -0.156. The molecule has 0 radical (unpaired) electrons. The highest BCUT2D eigenvalue weighted by Crippen LogP contribution is 2.17. The summed E-state index contributed by atoms with van der Waals surface area (Å²) in [4.78, 5) is 36.7. The van der Waals surface area contributed by atoms with Crippen LogP contribution in [0.2, 0.25) is 0 Å². The summed E-state index contributed by atoms with van der Waals surface area (Å²) in [6.45, 7) is 5.32. The van der Waals surface area contributed by atoms with E-state index in [0.717, 1.165) is 5.56 Å². The molecule has 6 nitrogen and oxygen atoms in total. The maximum Gasteiger partial charge on any atom is 0.309 e. The molecule has 0 saturated carbocycles. The van der Waals surface area contributed by atoms with Gasteiger partial charge < -0.3 is 14.8 Å². The third-order valence-electron chi connectivity index (χ3n) is 3.83. The lowest BCUT2D eigenvalue weighted by Gasteiger charge is -2.22. The summed E-state index contributed by atoms with van der Waals surface area (Å²) in [6, 6.07) is 8.75. The lowest BCUT2D eigenvalue weighted by Crippen LogP contribution is -2.39. The Morgan fingerprint density at radius 1 is 1.08 bits per heavy atom. The zero-order valence-corrected chi connectivity index (χ0v) is 16.2. The number of esters is 2. The minimum atomic E-state index is -0.701. The topological polar surface area (TPSA) is 81.7 Å². The zero-order valence-electron chi connectivity index (χ0n) is 16.2. The Labute approximate surface area is 155 Å². The molecule has 1 aromatic rings. The van der Waals surface area contributed by atoms with Crippen molar-refractivity contribution in [1.29, 1.82) is 0 Å². The van der Waals surface area contributed by atoms with E-state index in [1.54, 1.807) is 27.8 Å². The second-order valence-electron chi connectivity index (χ2n) is 7.21. The van der Waals surface area contributed by atoms with Gasteiger partial charge in [-0.15, -0.1) is 0 Å². The average molecular weight is 363 g/mol. The highest BCUT2D eigenvalue weighted by molar-refractivity contribution is 5.91. The fraction of sp³-hybridized carbons (Fsp3) is 0.550. The molecule has 0 bridgehead atoms. The molecule has 1 N–H and O–H groups in total. The fourth-order valence-corrected chi connectivity index (χ4v) is 2.62. The third kappa shape index (κ3) is 7.78. The molecular formula is C20H29NO5. The van der Waals surface area contributed by atoms with Gasteiger partial charge in [-0.2, -0.15) is 0 Å². The standard InChI is InChI=1S/C20H29NO5/c1-20(2,3)26-18(23)13-16(21-4)17(22)12-15(19(24)25-5)11-14-9-7-6-8-10-14/h6-10,15-16,21H,11-13H2,1-5H3/t15-,16+/m1/s1. The Bertz CT molecular complexity index is 606. The molecular weight excluding hydrogens is 334 g/mol. The van der Waals surface area contributed by atoms with Gasteiger partial charge in [0.1, 0.15) is 5.60 Å². The molecule has 2 atom stereocenters. The predicted molar refractivity (Wildman–Crippen MR) is 98.6 cm³/mol. The van der Waals surface area contributed by atoms with Gasteiger partial charge in [0, 0.05) is 6.42 Å². The van der Waals surface area contributed by atoms with E-state index < -0.39 is 29.5 Å². The van der Waals surface area contributed by atoms with Crippen LogP contribution in [0.25, 0.3) is 0 Å². The van der Waals surface area contributed by atoms with Gasteiger partial charge in [-0.25, -0.2) is 0 Å². The summed E-state index contributed by atoms with van der Waals surface area (Å²) in [5.41, 5.74) is 0.337. The Balaban J connectivity index is 2.76. The van der Waals surface area contributed by atoms with E-state index in [4.69, 9.17) is 9.47 Å². The van der Waals surface area contributed by atoms with E-state index in [2.05, 4.69) is 5.32 Å². The molecule has 0 aliphatic heterocycles. The van der Waals surface area contributed by atoms with Crippen LogP contribution in [0.3, 0.4) is 0 Å². The molecule has 0 aromatic heterocycles. The van der Waals surface area contributed by atoms with Gasteiger partial charge in [0.2, 0.25) is 0 Å². The van der Waals surface area contributed by atoms with Crippen molar-refractivity contribution in [2.45, 2.75) is 51.7 Å². The van der Waals surface area contributed by atoms with Crippen LogP contribution in [0.1, 0.15) is 39.2 Å². The molecule has 0 amide bonds. The number of ether oxygens (including phenoxy) is 2. The first kappa shape index (κ1) is 21.8. The van der Waals surface area contributed by atoms with Crippen LogP contribution in [0.5, 0.6) is 0 Å². The van der Waals surface area contributed by atoms with Crippen LogP contribution < -0.4 is 5.32 Å².